The third kappa shape index (κ3) is 4.58. The maximum atomic E-state index is 11.9. The van der Waals surface area contributed by atoms with Crippen molar-refractivity contribution in [2.45, 2.75) is 31.7 Å². The zero-order valence-electron chi connectivity index (χ0n) is 16.8. The van der Waals surface area contributed by atoms with Crippen molar-refractivity contribution in [3.63, 3.8) is 0 Å². The minimum Gasteiger partial charge on any atom is -0.369 e. The van der Waals surface area contributed by atoms with Crippen LogP contribution in [0.4, 0.5) is 17.5 Å². The minimum absolute atomic E-state index is 0.0561. The Bertz CT molecular complexity index is 952. The molecule has 1 saturated carbocycles. The van der Waals surface area contributed by atoms with Gasteiger partial charge >= 0.3 is 0 Å². The van der Waals surface area contributed by atoms with Crippen LogP contribution in [0.25, 0.3) is 0 Å². The zero-order valence-corrected chi connectivity index (χ0v) is 16.8. The molecule has 0 aromatic carbocycles. The van der Waals surface area contributed by atoms with Gasteiger partial charge in [-0.3, -0.25) is 14.3 Å². The van der Waals surface area contributed by atoms with Crippen LogP contribution in [0.3, 0.4) is 0 Å². The molecule has 2 fully saturated rings. The van der Waals surface area contributed by atoms with Gasteiger partial charge in [0.15, 0.2) is 0 Å². The van der Waals surface area contributed by atoms with E-state index in [0.717, 1.165) is 31.6 Å². The van der Waals surface area contributed by atoms with Gasteiger partial charge in [-0.15, -0.1) is 0 Å². The number of nitrogens with zero attached hydrogens (tertiary/aromatic N) is 5. The quantitative estimate of drug-likeness (QED) is 0.564. The van der Waals surface area contributed by atoms with Crippen LogP contribution in [-0.4, -0.2) is 56.1 Å². The maximum Gasteiger partial charge on any atom is 0.254 e. The maximum absolute atomic E-state index is 11.9. The van der Waals surface area contributed by atoms with Crippen molar-refractivity contribution in [2.75, 3.05) is 30.3 Å². The highest BCUT2D eigenvalue weighted by molar-refractivity contribution is 5.97. The van der Waals surface area contributed by atoms with Crippen LogP contribution in [0, 0.1) is 5.92 Å². The summed E-state index contributed by atoms with van der Waals surface area (Å²) in [5.41, 5.74) is 6.43. The number of hydrogen-bond donors (Lipinski definition) is 3. The highest BCUT2D eigenvalue weighted by Gasteiger charge is 2.24. The minimum atomic E-state index is -0.566. The Morgan fingerprint density at radius 2 is 2.13 bits per heavy atom. The van der Waals surface area contributed by atoms with Gasteiger partial charge < -0.3 is 21.3 Å². The third-order valence-corrected chi connectivity index (χ3v) is 5.42. The number of anilines is 3. The fourth-order valence-corrected chi connectivity index (χ4v) is 3.55. The van der Waals surface area contributed by atoms with E-state index in [-0.39, 0.29) is 17.5 Å². The molecule has 2 aromatic heterocycles. The summed E-state index contributed by atoms with van der Waals surface area (Å²) in [4.78, 5) is 34.0. The Hall–Kier alpha value is -3.43. The molecule has 2 aromatic rings. The number of nitrogens with one attached hydrogen (secondary N) is 2. The first-order chi connectivity index (χ1) is 14.5. The molecule has 0 spiro atoms. The fourth-order valence-electron chi connectivity index (χ4n) is 3.55. The number of likely N-dealkylation sites (tertiary alicyclic amines) is 1. The van der Waals surface area contributed by atoms with E-state index in [4.69, 9.17) is 5.73 Å². The lowest BCUT2D eigenvalue weighted by molar-refractivity contribution is -0.127. The van der Waals surface area contributed by atoms with Crippen molar-refractivity contribution in [2.24, 2.45) is 11.7 Å². The Kier molecular flexibility index (Phi) is 5.64. The summed E-state index contributed by atoms with van der Waals surface area (Å²) in [5, 5.41) is 10.8. The highest BCUT2D eigenvalue weighted by atomic mass is 16.2. The summed E-state index contributed by atoms with van der Waals surface area (Å²) in [7, 11) is 0. The summed E-state index contributed by atoms with van der Waals surface area (Å²) in [6.45, 7) is 5.67. The Labute approximate surface area is 174 Å². The summed E-state index contributed by atoms with van der Waals surface area (Å²) >= 11 is 0. The lowest BCUT2D eigenvalue weighted by Crippen LogP contribution is -2.39. The average Bonchev–Trinajstić information content (AvgIpc) is 3.48. The average molecular weight is 410 g/mol. The van der Waals surface area contributed by atoms with E-state index in [9.17, 15) is 9.59 Å². The second-order valence-electron chi connectivity index (χ2n) is 7.76. The second kappa shape index (κ2) is 8.52. The molecule has 158 valence electrons. The fraction of sp³-hybridized carbons (Fsp3) is 0.450. The predicted octanol–water partition coefficient (Wildman–Crippen LogP) is 1.69. The molecule has 10 heteroatoms. The van der Waals surface area contributed by atoms with E-state index in [1.54, 1.807) is 11.1 Å². The molecular formula is C20H26N8O2. The molecule has 3 heterocycles. The molecule has 4 rings (SSSR count). The molecule has 0 unspecified atom stereocenters. The lowest BCUT2D eigenvalue weighted by atomic mass is 10.1. The van der Waals surface area contributed by atoms with Gasteiger partial charge in [-0.25, -0.2) is 4.98 Å². The molecule has 10 nitrogen and oxygen atoms in total. The number of amides is 2. The van der Waals surface area contributed by atoms with E-state index < -0.39 is 5.91 Å². The van der Waals surface area contributed by atoms with Gasteiger partial charge in [-0.2, -0.15) is 10.1 Å². The number of piperidine rings is 1. The lowest BCUT2D eigenvalue weighted by Gasteiger charge is -2.32. The SMILES string of the molecule is C=CC(=O)N1CCC[C@H](n2cc(Nc3ncc(C(N)=O)c(NCC4CC4)n3)cn2)C1. The van der Waals surface area contributed by atoms with Crippen molar-refractivity contribution in [3.8, 4) is 0 Å². The number of carbonyl (C=O) groups excluding carboxylic acids is 2. The molecule has 1 saturated heterocycles. The summed E-state index contributed by atoms with van der Waals surface area (Å²) in [6, 6.07) is 0.104. The van der Waals surface area contributed by atoms with Gasteiger partial charge in [0.2, 0.25) is 11.9 Å². The Balaban J connectivity index is 1.45. The number of nitrogens with two attached hydrogens (primary N) is 1. The van der Waals surface area contributed by atoms with E-state index in [1.807, 2.05) is 10.9 Å². The van der Waals surface area contributed by atoms with Gasteiger partial charge in [-0.05, 0) is 37.7 Å². The van der Waals surface area contributed by atoms with E-state index in [1.165, 1.54) is 25.1 Å². The summed E-state index contributed by atoms with van der Waals surface area (Å²) < 4.78 is 1.86. The van der Waals surface area contributed by atoms with Gasteiger partial charge in [-0.1, -0.05) is 6.58 Å². The van der Waals surface area contributed by atoms with Crippen LogP contribution >= 0.6 is 0 Å². The highest BCUT2D eigenvalue weighted by Crippen LogP contribution is 2.29. The van der Waals surface area contributed by atoms with Gasteiger partial charge in [0.25, 0.3) is 5.91 Å². The van der Waals surface area contributed by atoms with Crippen LogP contribution < -0.4 is 16.4 Å². The van der Waals surface area contributed by atoms with Crippen molar-refractivity contribution in [3.05, 3.63) is 36.8 Å². The van der Waals surface area contributed by atoms with Crippen molar-refractivity contribution in [1.82, 2.24) is 24.6 Å². The second-order valence-corrected chi connectivity index (χ2v) is 7.76. The van der Waals surface area contributed by atoms with Crippen molar-refractivity contribution in [1.29, 1.82) is 0 Å². The number of carbonyl (C=O) groups is 2. The molecule has 4 N–H and O–H groups in total. The first-order valence-electron chi connectivity index (χ1n) is 10.2. The van der Waals surface area contributed by atoms with Crippen molar-refractivity contribution < 1.29 is 9.59 Å². The normalized spacial score (nSPS) is 18.7. The first-order valence-corrected chi connectivity index (χ1v) is 10.2. The number of aromatic nitrogens is 4. The monoisotopic (exact) mass is 410 g/mol. The molecular weight excluding hydrogens is 384 g/mol. The molecule has 0 bridgehead atoms. The summed E-state index contributed by atoms with van der Waals surface area (Å²) in [5.74, 6) is 0.788. The molecule has 0 radical (unpaired) electrons. The predicted molar refractivity (Wildman–Crippen MR) is 112 cm³/mol. The zero-order chi connectivity index (χ0) is 21.1. The molecule has 1 aliphatic heterocycles. The van der Waals surface area contributed by atoms with E-state index in [0.29, 0.717) is 24.2 Å². The third-order valence-electron chi connectivity index (χ3n) is 5.42. The topological polar surface area (TPSA) is 131 Å². The summed E-state index contributed by atoms with van der Waals surface area (Å²) in [6.07, 6.45) is 10.6. The number of rotatable bonds is 8. The Morgan fingerprint density at radius 1 is 1.30 bits per heavy atom. The van der Waals surface area contributed by atoms with Gasteiger partial charge in [0, 0.05) is 32.0 Å². The van der Waals surface area contributed by atoms with Crippen LogP contribution in [0.5, 0.6) is 0 Å². The smallest absolute Gasteiger partial charge is 0.254 e. The number of primary amides is 1. The van der Waals surface area contributed by atoms with Crippen LogP contribution in [0.2, 0.25) is 0 Å². The van der Waals surface area contributed by atoms with Gasteiger partial charge in [0.05, 0.1) is 23.5 Å². The molecule has 30 heavy (non-hydrogen) atoms. The molecule has 1 atom stereocenters. The van der Waals surface area contributed by atoms with Gasteiger partial charge in [0.1, 0.15) is 5.82 Å². The first kappa shape index (κ1) is 19.9. The Morgan fingerprint density at radius 3 is 2.87 bits per heavy atom. The molecule has 2 amide bonds. The van der Waals surface area contributed by atoms with Crippen molar-refractivity contribution >= 4 is 29.3 Å². The van der Waals surface area contributed by atoms with E-state index in [2.05, 4.69) is 32.3 Å². The van der Waals surface area contributed by atoms with Crippen LogP contribution in [0.1, 0.15) is 42.1 Å². The molecule has 1 aliphatic carbocycles. The number of hydrogen-bond acceptors (Lipinski definition) is 7. The standard InChI is InChI=1S/C20H26N8O2/c1-2-17(29)27-7-3-4-15(12-27)28-11-14(9-24-28)25-20-23-10-16(18(21)30)19(26-20)22-8-13-5-6-13/h2,9-11,13,15H,1,3-8,12H2,(H2,21,30)(H2,22,23,25,26)/t15-/m0/s1. The van der Waals surface area contributed by atoms with E-state index >= 15 is 0 Å². The van der Waals surface area contributed by atoms with Crippen LogP contribution in [-0.2, 0) is 4.79 Å². The van der Waals surface area contributed by atoms with Crippen LogP contribution in [0.15, 0.2) is 31.2 Å². The molecule has 2 aliphatic rings. The largest absolute Gasteiger partial charge is 0.369 e.